The summed E-state index contributed by atoms with van der Waals surface area (Å²) in [5.41, 5.74) is 4.67. The average molecular weight is 670 g/mol. The van der Waals surface area contributed by atoms with Gasteiger partial charge in [-0.2, -0.15) is 0 Å². The summed E-state index contributed by atoms with van der Waals surface area (Å²) in [7, 11) is 4.04. The number of rotatable bonds is 11. The van der Waals surface area contributed by atoms with Gasteiger partial charge in [-0.15, -0.1) is 0 Å². The van der Waals surface area contributed by atoms with Crippen LogP contribution in [-0.4, -0.2) is 67.0 Å². The van der Waals surface area contributed by atoms with E-state index >= 15 is 0 Å². The number of hydrogen-bond acceptors (Lipinski definition) is 4. The molecule has 6 heteroatoms. The van der Waals surface area contributed by atoms with Gasteiger partial charge in [0.1, 0.15) is 6.10 Å². The molecule has 0 bridgehead atoms. The topological polar surface area (TPSA) is 63.7 Å². The Morgan fingerprint density at radius 1 is 0.939 bits per heavy atom. The third kappa shape index (κ3) is 6.76. The van der Waals surface area contributed by atoms with Gasteiger partial charge in [0.05, 0.1) is 31.8 Å². The van der Waals surface area contributed by atoms with E-state index in [1.54, 1.807) is 29.8 Å². The lowest BCUT2D eigenvalue weighted by Crippen LogP contribution is -2.48. The van der Waals surface area contributed by atoms with Crippen LogP contribution in [0.3, 0.4) is 0 Å². The van der Waals surface area contributed by atoms with Gasteiger partial charge >= 0.3 is 5.97 Å². The third-order valence-electron chi connectivity index (χ3n) is 13.9. The van der Waals surface area contributed by atoms with Crippen molar-refractivity contribution in [1.29, 1.82) is 0 Å². The van der Waals surface area contributed by atoms with E-state index in [2.05, 4.69) is 65.8 Å². The first-order valence-corrected chi connectivity index (χ1v) is 19.2. The second kappa shape index (κ2) is 13.6. The predicted molar refractivity (Wildman–Crippen MR) is 196 cm³/mol. The third-order valence-corrected chi connectivity index (χ3v) is 13.9. The lowest BCUT2D eigenvalue weighted by atomic mass is 9.50. The van der Waals surface area contributed by atoms with Crippen LogP contribution in [0.15, 0.2) is 59.7 Å². The fourth-order valence-corrected chi connectivity index (χ4v) is 10.4. The number of imide groups is 1. The zero-order valence-corrected chi connectivity index (χ0v) is 31.5. The summed E-state index contributed by atoms with van der Waals surface area (Å²) in [6.07, 6.45) is 18.5. The van der Waals surface area contributed by atoms with Gasteiger partial charge in [0, 0.05) is 19.4 Å². The van der Waals surface area contributed by atoms with E-state index < -0.39 is 0 Å². The van der Waals surface area contributed by atoms with Crippen LogP contribution in [0.2, 0.25) is 0 Å². The lowest BCUT2D eigenvalue weighted by molar-refractivity contribution is -0.883. The number of likely N-dealkylation sites (N-methyl/N-ethyl adjacent to an activating group) is 1. The van der Waals surface area contributed by atoms with E-state index in [4.69, 9.17) is 4.74 Å². The Morgan fingerprint density at radius 3 is 2.31 bits per heavy atom. The maximum Gasteiger partial charge on any atom is 0.362 e. The van der Waals surface area contributed by atoms with Crippen molar-refractivity contribution in [3.63, 3.8) is 0 Å². The van der Waals surface area contributed by atoms with E-state index in [0.29, 0.717) is 70.1 Å². The minimum atomic E-state index is -0.225. The predicted octanol–water partition coefficient (Wildman–Crippen LogP) is 8.64. The number of carbonyl (C=O) groups excluding carboxylic acids is 3. The number of carbonyl (C=O) groups is 3. The van der Waals surface area contributed by atoms with E-state index in [1.165, 1.54) is 36.2 Å². The Bertz CT molecular complexity index is 1520. The molecular formula is C43H61N2O4+. The largest absolute Gasteiger partial charge is 0.458 e. The summed E-state index contributed by atoms with van der Waals surface area (Å²) in [6, 6.07) is 7.00. The quantitative estimate of drug-likeness (QED) is 0.102. The van der Waals surface area contributed by atoms with Crippen molar-refractivity contribution >= 4 is 17.8 Å². The molecule has 0 aromatic heterocycles. The van der Waals surface area contributed by atoms with Gasteiger partial charge in [0.15, 0.2) is 6.54 Å². The van der Waals surface area contributed by atoms with Crippen molar-refractivity contribution in [2.45, 2.75) is 99.0 Å². The molecule has 1 heterocycles. The van der Waals surface area contributed by atoms with Crippen LogP contribution < -0.4 is 0 Å². The van der Waals surface area contributed by atoms with Crippen molar-refractivity contribution in [2.75, 3.05) is 33.7 Å². The first-order valence-electron chi connectivity index (χ1n) is 19.2. The SMILES string of the molecule is CC(C)[C@@H](C)C=C[C@@H](C)[C@H]1CC[C@H]2C3=CC=C4C[C@@H](OC(=O)C[N+](C)(C)CCCN5C(=O)c6ccccc6C5=O)CC[C@]4(C)[C@H]3CC[C@]12C. The Hall–Kier alpha value is -2.99. The van der Waals surface area contributed by atoms with E-state index in [0.717, 1.165) is 25.2 Å². The van der Waals surface area contributed by atoms with Gasteiger partial charge in [-0.1, -0.05) is 89.1 Å². The fraction of sp³-hybridized carbons (Fsp3) is 0.651. The summed E-state index contributed by atoms with van der Waals surface area (Å²) in [6.45, 7) is 15.8. The standard InChI is InChI=1S/C43H61N2O4/c1-28(2)29(3)14-15-30(4)36-18-19-37-35-17-16-31-26-32(20-22-42(31,5)38(35)21-23-43(36,37)6)49-39(46)27-45(7,8)25-11-24-44-40(47)33-12-9-10-13-34(33)41(44)48/h9-10,12-17,28-30,32,36-38H,11,18-27H2,1-8H3/q+1/t29-,30+,32-,36+,37-,38-,42-,43+/m0/s1. The Labute approximate surface area is 295 Å². The molecule has 4 aliphatic carbocycles. The average Bonchev–Trinajstić information content (AvgIpc) is 3.53. The number of nitrogens with zero attached hydrogens (tertiary/aromatic N) is 2. The van der Waals surface area contributed by atoms with Gasteiger partial charge < -0.3 is 9.22 Å². The molecule has 0 radical (unpaired) electrons. The molecule has 266 valence electrons. The number of fused-ring (bicyclic) bond motifs is 6. The van der Waals surface area contributed by atoms with Gasteiger partial charge in [0.2, 0.25) is 0 Å². The molecule has 0 N–H and O–H groups in total. The molecule has 6 nitrogen and oxygen atoms in total. The highest BCUT2D eigenvalue weighted by Crippen LogP contribution is 2.66. The number of hydrogen-bond donors (Lipinski definition) is 0. The molecule has 8 atom stereocenters. The normalized spacial score (nSPS) is 32.3. The molecule has 1 aliphatic heterocycles. The summed E-state index contributed by atoms with van der Waals surface area (Å²) < 4.78 is 6.61. The Balaban J connectivity index is 1.03. The Kier molecular flexibility index (Phi) is 9.96. The highest BCUT2D eigenvalue weighted by atomic mass is 16.5. The first-order chi connectivity index (χ1) is 23.1. The molecule has 1 aromatic rings. The van der Waals surface area contributed by atoms with Crippen LogP contribution in [0.4, 0.5) is 0 Å². The van der Waals surface area contributed by atoms with Crippen LogP contribution in [-0.2, 0) is 9.53 Å². The van der Waals surface area contributed by atoms with E-state index in [9.17, 15) is 14.4 Å². The number of esters is 1. The summed E-state index contributed by atoms with van der Waals surface area (Å²) in [5.74, 6) is 3.33. The molecule has 1 aromatic carbocycles. The summed E-state index contributed by atoms with van der Waals surface area (Å²) in [5, 5.41) is 0. The molecule has 6 rings (SSSR count). The van der Waals surface area contributed by atoms with Crippen molar-refractivity contribution in [2.24, 2.45) is 46.3 Å². The smallest absolute Gasteiger partial charge is 0.362 e. The van der Waals surface area contributed by atoms with Crippen LogP contribution in [0.1, 0.15) is 114 Å². The maximum absolute atomic E-state index is 13.2. The molecule has 0 spiro atoms. The van der Waals surface area contributed by atoms with Crippen LogP contribution >= 0.6 is 0 Å². The van der Waals surface area contributed by atoms with Crippen LogP contribution in [0.5, 0.6) is 0 Å². The Morgan fingerprint density at radius 2 is 1.63 bits per heavy atom. The highest BCUT2D eigenvalue weighted by Gasteiger charge is 2.57. The molecule has 2 amide bonds. The number of quaternary nitrogens is 1. The molecule has 5 aliphatic rings. The van der Waals surface area contributed by atoms with Gasteiger partial charge in [-0.25, -0.2) is 4.79 Å². The van der Waals surface area contributed by atoms with Crippen molar-refractivity contribution < 1.29 is 23.6 Å². The van der Waals surface area contributed by atoms with Gasteiger partial charge in [-0.3, -0.25) is 14.5 Å². The summed E-state index contributed by atoms with van der Waals surface area (Å²) >= 11 is 0. The second-order valence-electron chi connectivity index (χ2n) is 17.8. The van der Waals surface area contributed by atoms with Gasteiger partial charge in [0.25, 0.3) is 11.8 Å². The lowest BCUT2D eigenvalue weighted by Gasteiger charge is -2.55. The monoisotopic (exact) mass is 669 g/mol. The van der Waals surface area contributed by atoms with E-state index in [-0.39, 0.29) is 35.8 Å². The molecule has 3 fully saturated rings. The highest BCUT2D eigenvalue weighted by molar-refractivity contribution is 6.21. The maximum atomic E-state index is 13.2. The van der Waals surface area contributed by atoms with Crippen molar-refractivity contribution in [3.8, 4) is 0 Å². The van der Waals surface area contributed by atoms with Crippen LogP contribution in [0, 0.1) is 46.3 Å². The minimum Gasteiger partial charge on any atom is -0.458 e. The van der Waals surface area contributed by atoms with E-state index in [1.807, 2.05) is 14.1 Å². The first kappa shape index (κ1) is 35.8. The number of ether oxygens (including phenoxy) is 1. The second-order valence-corrected chi connectivity index (χ2v) is 17.8. The van der Waals surface area contributed by atoms with Crippen molar-refractivity contribution in [1.82, 2.24) is 4.90 Å². The fourth-order valence-electron chi connectivity index (χ4n) is 10.4. The summed E-state index contributed by atoms with van der Waals surface area (Å²) in [4.78, 5) is 40.0. The zero-order chi connectivity index (χ0) is 35.3. The minimum absolute atomic E-state index is 0.0780. The zero-order valence-electron chi connectivity index (χ0n) is 31.5. The van der Waals surface area contributed by atoms with Crippen molar-refractivity contribution in [3.05, 3.63) is 70.8 Å². The number of amides is 2. The molecule has 3 saturated carbocycles. The molecular weight excluding hydrogens is 608 g/mol. The van der Waals surface area contributed by atoms with Gasteiger partial charge in [-0.05, 0) is 97.0 Å². The molecule has 0 saturated heterocycles. The molecule has 49 heavy (non-hydrogen) atoms. The number of benzene rings is 1. The molecule has 0 unspecified atom stereocenters. The van der Waals surface area contributed by atoms with Crippen LogP contribution in [0.25, 0.3) is 0 Å². The number of allylic oxidation sites excluding steroid dienone is 5.